The number of hydrogen-bond donors (Lipinski definition) is 0. The van der Waals surface area contributed by atoms with E-state index in [1.165, 1.54) is 4.68 Å². The molecule has 6 heteroatoms. The van der Waals surface area contributed by atoms with Crippen LogP contribution in [0.5, 0.6) is 0 Å². The molecule has 2 rings (SSSR count). The topological polar surface area (TPSA) is 60.7 Å². The smallest absolute Gasteiger partial charge is 0.173 e. The molecule has 0 aliphatic carbocycles. The number of aldehydes is 1. The predicted molar refractivity (Wildman–Crippen MR) is 68.3 cm³/mol. The van der Waals surface area contributed by atoms with E-state index < -0.39 is 0 Å². The van der Waals surface area contributed by atoms with Gasteiger partial charge in [-0.05, 0) is 0 Å². The van der Waals surface area contributed by atoms with Crippen LogP contribution in [-0.2, 0) is 5.41 Å². The summed E-state index contributed by atoms with van der Waals surface area (Å²) in [5.41, 5.74) is 0.774. The zero-order valence-electron chi connectivity index (χ0n) is 10.4. The largest absolute Gasteiger partial charge is 0.298 e. The van der Waals surface area contributed by atoms with Crippen molar-refractivity contribution in [2.24, 2.45) is 0 Å². The van der Waals surface area contributed by atoms with Crippen molar-refractivity contribution in [3.63, 3.8) is 0 Å². The van der Waals surface area contributed by atoms with Crippen LogP contribution in [0, 0.1) is 0 Å². The molecule has 2 aromatic rings. The Morgan fingerprint density at radius 2 is 2.06 bits per heavy atom. The lowest BCUT2D eigenvalue weighted by atomic mass is 9.90. The predicted octanol–water partition coefficient (Wildman–Crippen LogP) is 2.43. The van der Waals surface area contributed by atoms with Crippen LogP contribution in [0.4, 0.5) is 0 Å². The first kappa shape index (κ1) is 12.7. The van der Waals surface area contributed by atoms with Crippen LogP contribution in [0.25, 0.3) is 5.82 Å². The number of carbonyl (C=O) groups excluding carboxylic acids is 1. The summed E-state index contributed by atoms with van der Waals surface area (Å²) in [5.74, 6) is 0.487. The molecule has 2 aromatic heterocycles. The van der Waals surface area contributed by atoms with Crippen molar-refractivity contribution in [1.82, 2.24) is 19.7 Å². The van der Waals surface area contributed by atoms with Crippen LogP contribution in [0.1, 0.15) is 36.8 Å². The summed E-state index contributed by atoms with van der Waals surface area (Å²) >= 11 is 6.17. The molecule has 0 spiro atoms. The monoisotopic (exact) mass is 264 g/mol. The van der Waals surface area contributed by atoms with Crippen molar-refractivity contribution in [2.75, 3.05) is 0 Å². The van der Waals surface area contributed by atoms with E-state index in [4.69, 9.17) is 11.6 Å². The maximum atomic E-state index is 11.2. The molecule has 0 N–H and O–H groups in total. The highest BCUT2D eigenvalue weighted by Crippen LogP contribution is 2.29. The molecule has 0 amide bonds. The molecule has 94 valence electrons. The molecular weight excluding hydrogens is 252 g/mol. The van der Waals surface area contributed by atoms with Gasteiger partial charge in [0.05, 0.1) is 17.5 Å². The lowest BCUT2D eigenvalue weighted by Gasteiger charge is -2.15. The van der Waals surface area contributed by atoms with Gasteiger partial charge < -0.3 is 0 Å². The summed E-state index contributed by atoms with van der Waals surface area (Å²) in [4.78, 5) is 19.2. The number of aromatic nitrogens is 4. The summed E-state index contributed by atoms with van der Waals surface area (Å²) in [6, 6.07) is 0. The molecule has 0 aliphatic rings. The van der Waals surface area contributed by atoms with Gasteiger partial charge in [0.2, 0.25) is 0 Å². The number of hydrogen-bond acceptors (Lipinski definition) is 4. The molecule has 0 fully saturated rings. The molecule has 0 saturated heterocycles. The summed E-state index contributed by atoms with van der Waals surface area (Å²) in [6.45, 7) is 5.92. The molecule has 0 saturated carbocycles. The van der Waals surface area contributed by atoms with E-state index in [9.17, 15) is 4.79 Å². The van der Waals surface area contributed by atoms with E-state index in [-0.39, 0.29) is 10.6 Å². The van der Waals surface area contributed by atoms with Gasteiger partial charge in [-0.15, -0.1) is 0 Å². The zero-order chi connectivity index (χ0) is 13.3. The van der Waals surface area contributed by atoms with Crippen molar-refractivity contribution < 1.29 is 4.79 Å². The summed E-state index contributed by atoms with van der Waals surface area (Å²) < 4.78 is 1.43. The van der Waals surface area contributed by atoms with E-state index in [2.05, 4.69) is 15.1 Å². The first-order chi connectivity index (χ1) is 8.45. The minimum Gasteiger partial charge on any atom is -0.298 e. The fourth-order valence-corrected chi connectivity index (χ4v) is 1.88. The summed E-state index contributed by atoms with van der Waals surface area (Å²) in [7, 11) is 0. The molecule has 0 atom stereocenters. The number of rotatable bonds is 2. The van der Waals surface area contributed by atoms with Gasteiger partial charge in [0, 0.05) is 17.8 Å². The van der Waals surface area contributed by atoms with Gasteiger partial charge in [0.15, 0.2) is 12.1 Å². The average molecular weight is 265 g/mol. The van der Waals surface area contributed by atoms with Gasteiger partial charge in [-0.3, -0.25) is 9.78 Å². The van der Waals surface area contributed by atoms with Gasteiger partial charge in [0.1, 0.15) is 5.15 Å². The molecule has 18 heavy (non-hydrogen) atoms. The third kappa shape index (κ3) is 2.13. The maximum absolute atomic E-state index is 11.2. The van der Waals surface area contributed by atoms with Crippen LogP contribution >= 0.6 is 11.6 Å². The lowest BCUT2D eigenvalue weighted by Crippen LogP contribution is -2.14. The number of halogens is 1. The Labute approximate surface area is 110 Å². The van der Waals surface area contributed by atoms with Crippen LogP contribution in [0.2, 0.25) is 5.15 Å². The number of carbonyl (C=O) groups is 1. The Morgan fingerprint density at radius 1 is 1.33 bits per heavy atom. The lowest BCUT2D eigenvalue weighted by molar-refractivity contribution is 0.112. The van der Waals surface area contributed by atoms with Gasteiger partial charge in [-0.2, -0.15) is 5.10 Å². The Bertz CT molecular complexity index is 572. The second-order valence-corrected chi connectivity index (χ2v) is 5.25. The van der Waals surface area contributed by atoms with Crippen LogP contribution < -0.4 is 0 Å². The van der Waals surface area contributed by atoms with E-state index >= 15 is 0 Å². The molecular formula is C12H13ClN4O. The molecule has 5 nitrogen and oxygen atoms in total. The van der Waals surface area contributed by atoms with Crippen molar-refractivity contribution in [2.45, 2.75) is 26.2 Å². The minimum absolute atomic E-state index is 0.260. The van der Waals surface area contributed by atoms with Crippen LogP contribution in [0.15, 0.2) is 18.6 Å². The second kappa shape index (κ2) is 4.49. The SMILES string of the molecule is CC(C)(C)c1nn(-c2cnccn2)c(Cl)c1C=O. The Morgan fingerprint density at radius 3 is 2.50 bits per heavy atom. The third-order valence-corrected chi connectivity index (χ3v) is 2.82. The molecule has 0 radical (unpaired) electrons. The van der Waals surface area contributed by atoms with Crippen molar-refractivity contribution in [3.05, 3.63) is 35.0 Å². The van der Waals surface area contributed by atoms with Gasteiger partial charge >= 0.3 is 0 Å². The molecule has 0 unspecified atom stereocenters. The highest BCUT2D eigenvalue weighted by Gasteiger charge is 2.26. The third-order valence-electron chi connectivity index (χ3n) is 2.46. The molecule has 0 aromatic carbocycles. The van der Waals surface area contributed by atoms with E-state index in [1.807, 2.05) is 20.8 Å². The van der Waals surface area contributed by atoms with Crippen LogP contribution in [0.3, 0.4) is 0 Å². The van der Waals surface area contributed by atoms with E-state index in [0.29, 0.717) is 17.1 Å². The minimum atomic E-state index is -0.270. The summed E-state index contributed by atoms with van der Waals surface area (Å²) in [6.07, 6.45) is 5.37. The highest BCUT2D eigenvalue weighted by atomic mass is 35.5. The van der Waals surface area contributed by atoms with E-state index in [0.717, 1.165) is 6.29 Å². The van der Waals surface area contributed by atoms with Crippen molar-refractivity contribution >= 4 is 17.9 Å². The maximum Gasteiger partial charge on any atom is 0.173 e. The van der Waals surface area contributed by atoms with Gasteiger partial charge in [-0.25, -0.2) is 9.67 Å². The Balaban J connectivity index is 2.65. The normalized spacial score (nSPS) is 11.6. The fourth-order valence-electron chi connectivity index (χ4n) is 1.62. The molecule has 2 heterocycles. The van der Waals surface area contributed by atoms with E-state index in [1.54, 1.807) is 18.6 Å². The molecule has 0 aliphatic heterocycles. The average Bonchev–Trinajstić information content (AvgIpc) is 2.67. The summed E-state index contributed by atoms with van der Waals surface area (Å²) in [5, 5.41) is 4.63. The highest BCUT2D eigenvalue weighted by molar-refractivity contribution is 6.32. The standard InChI is InChI=1S/C12H13ClN4O/c1-12(2,3)10-8(7-18)11(13)17(16-10)9-6-14-4-5-15-9/h4-7H,1-3H3. The first-order valence-electron chi connectivity index (χ1n) is 5.45. The van der Waals surface area contributed by atoms with Gasteiger partial charge in [0.25, 0.3) is 0 Å². The zero-order valence-corrected chi connectivity index (χ0v) is 11.1. The Kier molecular flexibility index (Phi) is 3.17. The Hall–Kier alpha value is -1.75. The van der Waals surface area contributed by atoms with Crippen molar-refractivity contribution in [3.8, 4) is 5.82 Å². The van der Waals surface area contributed by atoms with Crippen molar-refractivity contribution in [1.29, 1.82) is 0 Å². The first-order valence-corrected chi connectivity index (χ1v) is 5.83. The fraction of sp³-hybridized carbons (Fsp3) is 0.333. The van der Waals surface area contributed by atoms with Crippen LogP contribution in [-0.4, -0.2) is 26.0 Å². The number of nitrogens with zero attached hydrogens (tertiary/aromatic N) is 4. The quantitative estimate of drug-likeness (QED) is 0.782. The molecule has 0 bridgehead atoms. The van der Waals surface area contributed by atoms with Gasteiger partial charge in [-0.1, -0.05) is 32.4 Å². The second-order valence-electron chi connectivity index (χ2n) is 4.90.